The summed E-state index contributed by atoms with van der Waals surface area (Å²) >= 11 is 0. The highest BCUT2D eigenvalue weighted by Gasteiger charge is 2.39. The minimum atomic E-state index is -0.498. The van der Waals surface area contributed by atoms with Crippen molar-refractivity contribution in [2.45, 2.75) is 26.2 Å². The maximum Gasteiger partial charge on any atom is 0.123 e. The van der Waals surface area contributed by atoms with Crippen molar-refractivity contribution in [3.8, 4) is 6.07 Å². The van der Waals surface area contributed by atoms with Gasteiger partial charge in [0.1, 0.15) is 12.1 Å². The Bertz CT molecular complexity index is 1030. The van der Waals surface area contributed by atoms with Crippen LogP contribution in [0.4, 0.5) is 4.39 Å². The van der Waals surface area contributed by atoms with Crippen molar-refractivity contribution in [2.24, 2.45) is 11.3 Å². The second-order valence-electron chi connectivity index (χ2n) is 8.34. The summed E-state index contributed by atoms with van der Waals surface area (Å²) in [6, 6.07) is 10.9. The summed E-state index contributed by atoms with van der Waals surface area (Å²) in [5.74, 6) is 0.176. The summed E-state index contributed by atoms with van der Waals surface area (Å²) in [7, 11) is 0. The Morgan fingerprint density at radius 2 is 2.13 bits per heavy atom. The number of benzene rings is 1. The molecule has 5 heteroatoms. The Morgan fingerprint density at radius 3 is 2.83 bits per heavy atom. The average molecular weight is 401 g/mol. The van der Waals surface area contributed by atoms with Crippen molar-refractivity contribution in [2.75, 3.05) is 13.1 Å². The minimum Gasteiger partial charge on any atom is -0.370 e. The van der Waals surface area contributed by atoms with Crippen LogP contribution in [0.3, 0.4) is 0 Å². The number of nitriles is 1. The number of rotatable bonds is 5. The first kappa shape index (κ1) is 20.0. The predicted octanol–water partition coefficient (Wildman–Crippen LogP) is 4.94. The Kier molecular flexibility index (Phi) is 5.50. The van der Waals surface area contributed by atoms with Gasteiger partial charge < -0.3 is 4.90 Å². The zero-order chi connectivity index (χ0) is 21.1. The Labute approximate surface area is 177 Å². The molecular weight excluding hydrogens is 375 g/mol. The summed E-state index contributed by atoms with van der Waals surface area (Å²) in [4.78, 5) is 10.7. The van der Waals surface area contributed by atoms with E-state index < -0.39 is 5.41 Å². The summed E-state index contributed by atoms with van der Waals surface area (Å²) in [5.41, 5.74) is 4.60. The van der Waals surface area contributed by atoms with Crippen LogP contribution in [0.15, 0.2) is 72.9 Å². The molecule has 0 amide bonds. The molecule has 1 fully saturated rings. The first-order valence-corrected chi connectivity index (χ1v) is 10.3. The predicted molar refractivity (Wildman–Crippen MR) is 115 cm³/mol. The van der Waals surface area contributed by atoms with Crippen molar-refractivity contribution < 1.29 is 4.39 Å². The van der Waals surface area contributed by atoms with E-state index in [-0.39, 0.29) is 5.82 Å². The quantitative estimate of drug-likeness (QED) is 0.714. The van der Waals surface area contributed by atoms with E-state index in [1.54, 1.807) is 24.7 Å². The minimum absolute atomic E-state index is 0.256. The maximum atomic E-state index is 13.3. The molecule has 1 aliphatic heterocycles. The first-order chi connectivity index (χ1) is 14.5. The number of halogens is 1. The van der Waals surface area contributed by atoms with Gasteiger partial charge in [-0.2, -0.15) is 5.26 Å². The molecule has 1 saturated heterocycles. The smallest absolute Gasteiger partial charge is 0.123 e. The van der Waals surface area contributed by atoms with Gasteiger partial charge in [0.15, 0.2) is 0 Å². The molecule has 1 aliphatic carbocycles. The van der Waals surface area contributed by atoms with Crippen molar-refractivity contribution in [1.82, 2.24) is 14.9 Å². The number of hydrogen-bond acceptors (Lipinski definition) is 4. The molecule has 4 nitrogen and oxygen atoms in total. The van der Waals surface area contributed by atoms with Gasteiger partial charge in [0.25, 0.3) is 0 Å². The molecule has 2 aromatic rings. The fourth-order valence-electron chi connectivity index (χ4n) is 4.38. The van der Waals surface area contributed by atoms with Gasteiger partial charge in [0.2, 0.25) is 0 Å². The van der Waals surface area contributed by atoms with E-state index in [9.17, 15) is 9.65 Å². The van der Waals surface area contributed by atoms with Gasteiger partial charge in [-0.3, -0.25) is 0 Å². The lowest BCUT2D eigenvalue weighted by Crippen LogP contribution is -2.28. The molecule has 1 unspecified atom stereocenters. The number of hydrogen-bond donors (Lipinski definition) is 0. The normalized spacial score (nSPS) is 23.5. The first-order valence-electron chi connectivity index (χ1n) is 10.3. The van der Waals surface area contributed by atoms with Gasteiger partial charge in [-0.1, -0.05) is 37.8 Å². The molecule has 1 aromatic carbocycles. The summed E-state index contributed by atoms with van der Waals surface area (Å²) in [6.07, 6.45) is 9.95. The molecule has 0 saturated carbocycles. The van der Waals surface area contributed by atoms with Crippen LogP contribution < -0.4 is 0 Å². The van der Waals surface area contributed by atoms with Crippen molar-refractivity contribution in [3.63, 3.8) is 0 Å². The fraction of sp³-hybridized carbons (Fsp3) is 0.320. The van der Waals surface area contributed by atoms with Gasteiger partial charge in [-0.05, 0) is 54.5 Å². The summed E-state index contributed by atoms with van der Waals surface area (Å²) in [6.45, 7) is 7.98. The zero-order valence-corrected chi connectivity index (χ0v) is 17.2. The molecule has 0 radical (unpaired) electrons. The topological polar surface area (TPSA) is 52.8 Å². The van der Waals surface area contributed by atoms with Crippen LogP contribution in [-0.2, 0) is 6.42 Å². The Hall–Kier alpha value is -3.26. The van der Waals surface area contributed by atoms with E-state index in [1.165, 1.54) is 17.7 Å². The number of allylic oxidation sites excluding steroid dienone is 3. The SMILES string of the molecule is C=C(C1=C(c2ccncn2)CC(C)C=C1)N1CC[C@@](C#N)(Cc2ccc(F)cc2)C1. The highest BCUT2D eigenvalue weighted by Crippen LogP contribution is 2.40. The van der Waals surface area contributed by atoms with E-state index in [1.807, 2.05) is 6.07 Å². The monoisotopic (exact) mass is 400 g/mol. The molecule has 2 heterocycles. The molecule has 0 spiro atoms. The van der Waals surface area contributed by atoms with Gasteiger partial charge in [0, 0.05) is 30.6 Å². The lowest BCUT2D eigenvalue weighted by atomic mass is 9.82. The third kappa shape index (κ3) is 4.04. The lowest BCUT2D eigenvalue weighted by molar-refractivity contribution is 0.363. The maximum absolute atomic E-state index is 13.3. The van der Waals surface area contributed by atoms with Gasteiger partial charge >= 0.3 is 0 Å². The third-order valence-corrected chi connectivity index (χ3v) is 6.07. The van der Waals surface area contributed by atoms with E-state index in [0.717, 1.165) is 41.9 Å². The highest BCUT2D eigenvalue weighted by molar-refractivity contribution is 5.74. The Morgan fingerprint density at radius 1 is 1.33 bits per heavy atom. The third-order valence-electron chi connectivity index (χ3n) is 6.07. The molecule has 2 aliphatic rings. The van der Waals surface area contributed by atoms with Gasteiger partial charge in [-0.15, -0.1) is 0 Å². The van der Waals surface area contributed by atoms with Gasteiger partial charge in [0.05, 0.1) is 17.2 Å². The summed E-state index contributed by atoms with van der Waals surface area (Å²) < 4.78 is 13.3. The van der Waals surface area contributed by atoms with Crippen LogP contribution in [0, 0.1) is 28.5 Å². The van der Waals surface area contributed by atoms with Crippen molar-refractivity contribution >= 4 is 5.57 Å². The molecule has 2 atom stereocenters. The van der Waals surface area contributed by atoms with Crippen LogP contribution in [-0.4, -0.2) is 28.0 Å². The largest absolute Gasteiger partial charge is 0.370 e. The average Bonchev–Trinajstić information content (AvgIpc) is 3.20. The van der Waals surface area contributed by atoms with Gasteiger partial charge in [-0.25, -0.2) is 14.4 Å². The highest BCUT2D eigenvalue weighted by atomic mass is 19.1. The number of likely N-dealkylation sites (tertiary alicyclic amines) is 1. The molecule has 0 N–H and O–H groups in total. The second-order valence-corrected chi connectivity index (χ2v) is 8.34. The van der Waals surface area contributed by atoms with Crippen LogP contribution in [0.5, 0.6) is 0 Å². The van der Waals surface area contributed by atoms with E-state index in [4.69, 9.17) is 0 Å². The van der Waals surface area contributed by atoms with Crippen LogP contribution >= 0.6 is 0 Å². The fourth-order valence-corrected chi connectivity index (χ4v) is 4.38. The van der Waals surface area contributed by atoms with Crippen LogP contribution in [0.1, 0.15) is 31.0 Å². The zero-order valence-electron chi connectivity index (χ0n) is 17.2. The van der Waals surface area contributed by atoms with Crippen LogP contribution in [0.2, 0.25) is 0 Å². The van der Waals surface area contributed by atoms with E-state index in [0.29, 0.717) is 18.9 Å². The van der Waals surface area contributed by atoms with Crippen molar-refractivity contribution in [3.05, 3.63) is 89.9 Å². The molecule has 30 heavy (non-hydrogen) atoms. The van der Waals surface area contributed by atoms with Crippen molar-refractivity contribution in [1.29, 1.82) is 5.26 Å². The number of nitrogens with zero attached hydrogens (tertiary/aromatic N) is 4. The molecular formula is C25H25FN4. The standard InChI is InChI=1S/C25H25FN4/c1-18-3-8-22(23(13-18)24-9-11-28-17-29-24)19(2)30-12-10-25(15-27,16-30)14-20-4-6-21(26)7-5-20/h3-9,11,17-18H,2,10,12-14,16H2,1H3/t18?,25-/m0/s1. The Balaban J connectivity index is 1.58. The summed E-state index contributed by atoms with van der Waals surface area (Å²) in [5, 5.41) is 9.98. The van der Waals surface area contributed by atoms with E-state index >= 15 is 0 Å². The molecule has 152 valence electrons. The molecule has 4 rings (SSSR count). The van der Waals surface area contributed by atoms with E-state index in [2.05, 4.69) is 46.6 Å². The number of aromatic nitrogens is 2. The molecule has 0 bridgehead atoms. The van der Waals surface area contributed by atoms with Crippen LogP contribution in [0.25, 0.3) is 5.57 Å². The lowest BCUT2D eigenvalue weighted by Gasteiger charge is -2.28. The second kappa shape index (κ2) is 8.23. The molecule has 1 aromatic heterocycles.